The zero-order valence-electron chi connectivity index (χ0n) is 21.2. The zero-order chi connectivity index (χ0) is 26.3. The van der Waals surface area contributed by atoms with Crippen LogP contribution in [0.1, 0.15) is 27.2 Å². The molecule has 0 aromatic carbocycles. The highest BCUT2D eigenvalue weighted by molar-refractivity contribution is 7.18. The lowest BCUT2D eigenvalue weighted by Crippen LogP contribution is -2.56. The van der Waals surface area contributed by atoms with Gasteiger partial charge in [0.2, 0.25) is 0 Å². The number of ether oxygens (including phenoxy) is 2. The average Bonchev–Trinajstić information content (AvgIpc) is 2.67. The van der Waals surface area contributed by atoms with Gasteiger partial charge in [0, 0.05) is 5.92 Å². The Morgan fingerprint density at radius 3 is 1.76 bits per heavy atom. The molecule has 0 amide bonds. The van der Waals surface area contributed by atoms with Crippen molar-refractivity contribution in [2.24, 2.45) is 11.8 Å². The molecule has 12 heteroatoms. The van der Waals surface area contributed by atoms with Gasteiger partial charge in [0.15, 0.2) is 20.5 Å². The Kier molecular flexibility index (Phi) is 13.3. The molecule has 0 unspecified atom stereocenters. The fourth-order valence-electron chi connectivity index (χ4n) is 3.22. The van der Waals surface area contributed by atoms with Crippen molar-refractivity contribution in [1.29, 1.82) is 0 Å². The summed E-state index contributed by atoms with van der Waals surface area (Å²) in [6.07, 6.45) is -5.02. The molecule has 196 valence electrons. The molecular formula is C21H43ClO9Si2. The largest absolute Gasteiger partial charge is 0.462 e. The highest BCUT2D eigenvalue weighted by Crippen LogP contribution is 2.32. The molecule has 2 aliphatic rings. The predicted molar refractivity (Wildman–Crippen MR) is 131 cm³/mol. The van der Waals surface area contributed by atoms with Crippen LogP contribution in [0.15, 0.2) is 0 Å². The number of rotatable bonds is 4. The van der Waals surface area contributed by atoms with Gasteiger partial charge in [-0.05, 0) is 33.0 Å². The second-order valence-corrected chi connectivity index (χ2v) is 22.4. The van der Waals surface area contributed by atoms with Crippen molar-refractivity contribution in [3.63, 3.8) is 0 Å². The summed E-state index contributed by atoms with van der Waals surface area (Å²) in [4.78, 5) is 22.4. The first kappa shape index (κ1) is 32.5. The molecule has 0 saturated carbocycles. The highest BCUT2D eigenvalue weighted by atomic mass is 35.6. The van der Waals surface area contributed by atoms with Gasteiger partial charge in [-0.2, -0.15) is 11.1 Å². The Labute approximate surface area is 204 Å². The SMILES string of the molecule is CC[C@H]1OC(=O)[C@H](C)[C@@H](O[Si](C)(C)C)[C@@H]1C.C[Si](C)(C)Cl.O=C1O[C@H](CO)[C@@H](O)[C@H](O)[C@H]1O. The van der Waals surface area contributed by atoms with Crippen LogP contribution in [0.2, 0.25) is 39.3 Å². The number of hydrogen-bond acceptors (Lipinski definition) is 9. The molecule has 2 aliphatic heterocycles. The van der Waals surface area contributed by atoms with Crippen LogP contribution >= 0.6 is 11.1 Å². The minimum absolute atomic E-state index is 0.0186. The van der Waals surface area contributed by atoms with Crippen molar-refractivity contribution < 1.29 is 43.9 Å². The van der Waals surface area contributed by atoms with Gasteiger partial charge in [-0.25, -0.2) is 4.79 Å². The van der Waals surface area contributed by atoms with E-state index in [4.69, 9.17) is 40.7 Å². The van der Waals surface area contributed by atoms with Crippen molar-refractivity contribution in [2.45, 2.75) is 103 Å². The molecule has 9 nitrogen and oxygen atoms in total. The van der Waals surface area contributed by atoms with E-state index < -0.39 is 52.7 Å². The van der Waals surface area contributed by atoms with Gasteiger partial charge in [0.05, 0.1) is 18.6 Å². The summed E-state index contributed by atoms with van der Waals surface area (Å²) in [5, 5.41) is 35.5. The van der Waals surface area contributed by atoms with E-state index in [-0.39, 0.29) is 24.1 Å². The molecule has 8 atom stereocenters. The van der Waals surface area contributed by atoms with Gasteiger partial charge in [-0.3, -0.25) is 4.79 Å². The highest BCUT2D eigenvalue weighted by Gasteiger charge is 2.44. The number of esters is 2. The van der Waals surface area contributed by atoms with Gasteiger partial charge in [0.1, 0.15) is 25.7 Å². The van der Waals surface area contributed by atoms with Gasteiger partial charge in [-0.1, -0.05) is 33.5 Å². The van der Waals surface area contributed by atoms with Crippen LogP contribution in [-0.4, -0.2) is 91.3 Å². The monoisotopic (exact) mass is 530 g/mol. The third-order valence-corrected chi connectivity index (χ3v) is 5.85. The predicted octanol–water partition coefficient (Wildman–Crippen LogP) is 1.86. The van der Waals surface area contributed by atoms with Gasteiger partial charge in [-0.15, -0.1) is 0 Å². The maximum atomic E-state index is 11.7. The third-order valence-electron chi connectivity index (χ3n) is 4.87. The number of aliphatic hydroxyl groups is 4. The molecule has 0 aromatic heterocycles. The fourth-order valence-corrected chi connectivity index (χ4v) is 4.45. The van der Waals surface area contributed by atoms with Gasteiger partial charge in [0.25, 0.3) is 0 Å². The molecular weight excluding hydrogens is 488 g/mol. The molecule has 33 heavy (non-hydrogen) atoms. The van der Waals surface area contributed by atoms with Gasteiger partial charge >= 0.3 is 11.9 Å². The maximum Gasteiger partial charge on any atom is 0.338 e. The summed E-state index contributed by atoms with van der Waals surface area (Å²) in [5.74, 6) is -0.978. The second kappa shape index (κ2) is 13.5. The number of carbonyl (C=O) groups is 2. The van der Waals surface area contributed by atoms with Crippen LogP contribution in [0, 0.1) is 11.8 Å². The van der Waals surface area contributed by atoms with Crippen LogP contribution in [0.4, 0.5) is 0 Å². The van der Waals surface area contributed by atoms with Crippen molar-refractivity contribution in [3.8, 4) is 0 Å². The molecule has 2 heterocycles. The summed E-state index contributed by atoms with van der Waals surface area (Å²) in [5.41, 5.74) is 0. The molecule has 0 radical (unpaired) electrons. The zero-order valence-corrected chi connectivity index (χ0v) is 24.0. The van der Waals surface area contributed by atoms with Crippen LogP contribution in [-0.2, 0) is 23.5 Å². The smallest absolute Gasteiger partial charge is 0.338 e. The molecule has 4 N–H and O–H groups in total. The third kappa shape index (κ3) is 11.6. The summed E-state index contributed by atoms with van der Waals surface area (Å²) >= 11 is 5.67. The first-order valence-corrected chi connectivity index (χ1v) is 19.2. The number of halogens is 1. The standard InChI is InChI=1S/C12H24O3Si.C6H10O6.C3H9ClSi/c1-7-10-8(2)11(15-16(4,5)6)9(3)12(13)14-10;7-1-2-3(8)4(9)5(10)6(11)12-2;1-5(2,3)4/h8-11H,7H2,1-6H3;2-5,7-10H,1H2;1-3H3/t8-,9-,10-,11+;2-,3-,4+,5-;/m11./s1. The molecule has 2 rings (SSSR count). The summed E-state index contributed by atoms with van der Waals surface area (Å²) in [7, 11) is -2.75. The van der Waals surface area contributed by atoms with E-state index >= 15 is 0 Å². The lowest BCUT2D eigenvalue weighted by Gasteiger charge is -2.41. The molecule has 0 aliphatic carbocycles. The molecule has 2 saturated heterocycles. The Balaban J connectivity index is 0.000000530. The minimum Gasteiger partial charge on any atom is -0.462 e. The van der Waals surface area contributed by atoms with Crippen LogP contribution in [0.3, 0.4) is 0 Å². The Morgan fingerprint density at radius 1 is 0.909 bits per heavy atom. The van der Waals surface area contributed by atoms with Crippen LogP contribution in [0.25, 0.3) is 0 Å². The summed E-state index contributed by atoms with van der Waals surface area (Å²) in [6.45, 7) is 18.3. The number of hydrogen-bond donors (Lipinski definition) is 4. The van der Waals surface area contributed by atoms with Crippen molar-refractivity contribution in [1.82, 2.24) is 0 Å². The normalized spacial score (nSPS) is 34.7. The Bertz CT molecular complexity index is 616. The first-order chi connectivity index (χ1) is 14.8. The molecule has 0 bridgehead atoms. The number of carbonyl (C=O) groups excluding carboxylic acids is 2. The fraction of sp³-hybridized carbons (Fsp3) is 0.905. The first-order valence-electron chi connectivity index (χ1n) is 11.3. The summed E-state index contributed by atoms with van der Waals surface area (Å²) in [6, 6.07) is 0. The van der Waals surface area contributed by atoms with Crippen molar-refractivity contribution in [2.75, 3.05) is 6.61 Å². The van der Waals surface area contributed by atoms with E-state index in [1.807, 2.05) is 6.92 Å². The summed E-state index contributed by atoms with van der Waals surface area (Å²) < 4.78 is 15.9. The molecule has 0 aromatic rings. The van der Waals surface area contributed by atoms with E-state index in [1.165, 1.54) is 0 Å². The lowest BCUT2D eigenvalue weighted by molar-refractivity contribution is -0.206. The quantitative estimate of drug-likeness (QED) is 0.243. The number of aliphatic hydroxyl groups excluding tert-OH is 4. The minimum atomic E-state index is -1.73. The van der Waals surface area contributed by atoms with E-state index in [0.29, 0.717) is 5.92 Å². The second-order valence-electron chi connectivity index (χ2n) is 10.4. The number of cyclic esters (lactones) is 2. The Morgan fingerprint density at radius 2 is 1.36 bits per heavy atom. The maximum absolute atomic E-state index is 11.7. The van der Waals surface area contributed by atoms with Gasteiger partial charge < -0.3 is 34.3 Å². The van der Waals surface area contributed by atoms with Crippen molar-refractivity contribution >= 4 is 38.7 Å². The van der Waals surface area contributed by atoms with Crippen LogP contribution in [0.5, 0.6) is 0 Å². The topological polar surface area (TPSA) is 143 Å². The van der Waals surface area contributed by atoms with E-state index in [9.17, 15) is 9.59 Å². The Hall–Kier alpha value is -0.536. The van der Waals surface area contributed by atoms with E-state index in [2.05, 4.69) is 57.9 Å². The average molecular weight is 531 g/mol. The lowest BCUT2D eigenvalue weighted by atomic mass is 9.85. The molecule has 2 fully saturated rings. The van der Waals surface area contributed by atoms with Crippen LogP contribution < -0.4 is 0 Å². The van der Waals surface area contributed by atoms with E-state index in [0.717, 1.165) is 6.42 Å². The van der Waals surface area contributed by atoms with E-state index in [1.54, 1.807) is 0 Å². The van der Waals surface area contributed by atoms with Crippen molar-refractivity contribution in [3.05, 3.63) is 0 Å². The molecule has 0 spiro atoms.